The minimum atomic E-state index is -3.73. The van der Waals surface area contributed by atoms with Crippen LogP contribution in [0.1, 0.15) is 29.9 Å². The lowest BCUT2D eigenvalue weighted by atomic mass is 10.1. The van der Waals surface area contributed by atoms with Crippen molar-refractivity contribution in [2.45, 2.75) is 31.3 Å². The van der Waals surface area contributed by atoms with Crippen molar-refractivity contribution in [3.63, 3.8) is 0 Å². The number of aromatic nitrogens is 4. The smallest absolute Gasteiger partial charge is 0.241 e. The number of aromatic amines is 1. The first-order valence-electron chi connectivity index (χ1n) is 6.10. The molecule has 1 aromatic heterocycles. The summed E-state index contributed by atoms with van der Waals surface area (Å²) in [4.78, 5) is 0.174. The molecule has 0 amide bonds. The zero-order valence-corrected chi connectivity index (χ0v) is 13.9. The van der Waals surface area contributed by atoms with Gasteiger partial charge in [0.15, 0.2) is 5.82 Å². The summed E-state index contributed by atoms with van der Waals surface area (Å²) in [7, 11) is -3.73. The number of nitrogens with two attached hydrogens (primary N) is 1. The van der Waals surface area contributed by atoms with Gasteiger partial charge in [-0.2, -0.15) is 5.21 Å². The second-order valence-corrected chi connectivity index (χ2v) is 7.05. The average Bonchev–Trinajstić information content (AvgIpc) is 2.95. The molecule has 1 heterocycles. The second-order valence-electron chi connectivity index (χ2n) is 4.52. The van der Waals surface area contributed by atoms with Crippen LogP contribution in [-0.2, 0) is 16.6 Å². The van der Waals surface area contributed by atoms with Crippen molar-refractivity contribution in [2.75, 3.05) is 0 Å². The monoisotopic (exact) mass is 374 g/mol. The molecular weight excluding hydrogens is 360 g/mol. The lowest BCUT2D eigenvalue weighted by molar-refractivity contribution is 0.559. The molecule has 21 heavy (non-hydrogen) atoms. The Balaban J connectivity index is 2.38. The Morgan fingerprint density at radius 1 is 1.48 bits per heavy atom. The van der Waals surface area contributed by atoms with Gasteiger partial charge in [0.2, 0.25) is 10.0 Å². The molecule has 0 aliphatic carbocycles. The van der Waals surface area contributed by atoms with Crippen molar-refractivity contribution < 1.29 is 8.42 Å². The fraction of sp³-hybridized carbons (Fsp3) is 0.364. The number of nitrogens with zero attached hydrogens (tertiary/aromatic N) is 3. The third-order valence-corrected chi connectivity index (χ3v) is 5.45. The van der Waals surface area contributed by atoms with Crippen LogP contribution in [0, 0.1) is 6.92 Å². The Kier molecular flexibility index (Phi) is 4.71. The van der Waals surface area contributed by atoms with Crippen LogP contribution >= 0.6 is 15.9 Å². The van der Waals surface area contributed by atoms with E-state index < -0.39 is 16.1 Å². The lowest BCUT2D eigenvalue weighted by Crippen LogP contribution is -2.28. The molecule has 0 radical (unpaired) electrons. The van der Waals surface area contributed by atoms with E-state index in [-0.39, 0.29) is 17.3 Å². The van der Waals surface area contributed by atoms with E-state index in [4.69, 9.17) is 5.73 Å². The van der Waals surface area contributed by atoms with Gasteiger partial charge in [-0.25, -0.2) is 13.1 Å². The van der Waals surface area contributed by atoms with Gasteiger partial charge < -0.3 is 5.73 Å². The predicted octanol–water partition coefficient (Wildman–Crippen LogP) is 0.769. The fourth-order valence-corrected chi connectivity index (χ4v) is 3.96. The van der Waals surface area contributed by atoms with Gasteiger partial charge in [0, 0.05) is 11.0 Å². The second kappa shape index (κ2) is 6.18. The molecule has 10 heteroatoms. The maximum absolute atomic E-state index is 12.5. The molecular formula is C11H15BrN6O2S. The van der Waals surface area contributed by atoms with Gasteiger partial charge in [0.25, 0.3) is 0 Å². The summed E-state index contributed by atoms with van der Waals surface area (Å²) in [5, 5.41) is 13.2. The largest absolute Gasteiger partial charge is 0.326 e. The summed E-state index contributed by atoms with van der Waals surface area (Å²) in [6.45, 7) is 3.61. The van der Waals surface area contributed by atoms with E-state index in [0.29, 0.717) is 10.0 Å². The van der Waals surface area contributed by atoms with E-state index in [2.05, 4.69) is 41.3 Å². The normalized spacial score (nSPS) is 13.3. The first-order valence-corrected chi connectivity index (χ1v) is 8.37. The Morgan fingerprint density at radius 3 is 2.76 bits per heavy atom. The zero-order valence-electron chi connectivity index (χ0n) is 11.5. The third-order valence-electron chi connectivity index (χ3n) is 2.96. The summed E-state index contributed by atoms with van der Waals surface area (Å²) in [5.74, 6) is 0.269. The van der Waals surface area contributed by atoms with E-state index in [9.17, 15) is 8.42 Å². The number of hydrogen-bond donors (Lipinski definition) is 3. The molecule has 1 atom stereocenters. The molecule has 0 bridgehead atoms. The zero-order chi connectivity index (χ0) is 15.6. The number of sulfonamides is 1. The lowest BCUT2D eigenvalue weighted by Gasteiger charge is -2.14. The SMILES string of the molecule is Cc1c(Br)cc(CN)cc1S(=O)(=O)NC(C)c1nn[nH]n1. The van der Waals surface area contributed by atoms with Crippen molar-refractivity contribution in [3.05, 3.63) is 33.6 Å². The van der Waals surface area contributed by atoms with Gasteiger partial charge >= 0.3 is 0 Å². The number of halogens is 1. The molecule has 0 saturated carbocycles. The van der Waals surface area contributed by atoms with Crippen molar-refractivity contribution in [3.8, 4) is 0 Å². The number of hydrogen-bond acceptors (Lipinski definition) is 6. The highest BCUT2D eigenvalue weighted by Gasteiger charge is 2.23. The van der Waals surface area contributed by atoms with Crippen molar-refractivity contribution >= 4 is 26.0 Å². The molecule has 1 aromatic carbocycles. The van der Waals surface area contributed by atoms with E-state index in [1.165, 1.54) is 0 Å². The minimum Gasteiger partial charge on any atom is -0.326 e. The summed E-state index contributed by atoms with van der Waals surface area (Å²) in [6.07, 6.45) is 0. The molecule has 0 saturated heterocycles. The molecule has 114 valence electrons. The van der Waals surface area contributed by atoms with Crippen LogP contribution in [0.3, 0.4) is 0 Å². The van der Waals surface area contributed by atoms with Gasteiger partial charge in [0.1, 0.15) is 0 Å². The van der Waals surface area contributed by atoms with E-state index in [1.54, 1.807) is 26.0 Å². The molecule has 0 aliphatic heterocycles. The first kappa shape index (κ1) is 16.0. The maximum atomic E-state index is 12.5. The highest BCUT2D eigenvalue weighted by molar-refractivity contribution is 9.10. The van der Waals surface area contributed by atoms with E-state index in [0.717, 1.165) is 5.56 Å². The fourth-order valence-electron chi connectivity index (χ4n) is 1.81. The number of tetrazole rings is 1. The summed E-state index contributed by atoms with van der Waals surface area (Å²) in [6, 6.07) is 2.76. The van der Waals surface area contributed by atoms with Gasteiger partial charge in [0.05, 0.1) is 10.9 Å². The highest BCUT2D eigenvalue weighted by atomic mass is 79.9. The number of nitrogens with one attached hydrogen (secondary N) is 2. The molecule has 4 N–H and O–H groups in total. The van der Waals surface area contributed by atoms with Crippen molar-refractivity contribution in [2.24, 2.45) is 5.73 Å². The van der Waals surface area contributed by atoms with E-state index >= 15 is 0 Å². The number of H-pyrrole nitrogens is 1. The molecule has 0 spiro atoms. The number of benzene rings is 1. The van der Waals surface area contributed by atoms with Crippen LogP contribution in [0.2, 0.25) is 0 Å². The van der Waals surface area contributed by atoms with Crippen molar-refractivity contribution in [1.82, 2.24) is 25.3 Å². The first-order chi connectivity index (χ1) is 9.85. The van der Waals surface area contributed by atoms with E-state index in [1.807, 2.05) is 0 Å². The van der Waals surface area contributed by atoms with Gasteiger partial charge in [-0.3, -0.25) is 0 Å². The summed E-state index contributed by atoms with van der Waals surface area (Å²) < 4.78 is 28.3. The number of rotatable bonds is 5. The topological polar surface area (TPSA) is 127 Å². The predicted molar refractivity (Wildman–Crippen MR) is 79.7 cm³/mol. The van der Waals surface area contributed by atoms with Crippen molar-refractivity contribution in [1.29, 1.82) is 0 Å². The van der Waals surface area contributed by atoms with Crippen LogP contribution in [0.15, 0.2) is 21.5 Å². The van der Waals surface area contributed by atoms with Crippen LogP contribution < -0.4 is 10.5 Å². The van der Waals surface area contributed by atoms with Crippen LogP contribution in [-0.4, -0.2) is 29.0 Å². The van der Waals surface area contributed by atoms with Gasteiger partial charge in [-0.15, -0.1) is 10.2 Å². The standard InChI is InChI=1S/C11H15BrN6O2S/c1-6-9(12)3-8(5-13)4-10(6)21(19,20)16-7(2)11-14-17-18-15-11/h3-4,7,16H,5,13H2,1-2H3,(H,14,15,17,18). The van der Waals surface area contributed by atoms with Crippen LogP contribution in [0.4, 0.5) is 0 Å². The average molecular weight is 375 g/mol. The molecule has 1 unspecified atom stereocenters. The quantitative estimate of drug-likeness (QED) is 0.709. The Hall–Kier alpha value is -1.36. The molecule has 8 nitrogen and oxygen atoms in total. The minimum absolute atomic E-state index is 0.174. The Bertz CT molecular complexity index is 731. The highest BCUT2D eigenvalue weighted by Crippen LogP contribution is 2.26. The third kappa shape index (κ3) is 3.46. The Labute approximate surface area is 130 Å². The van der Waals surface area contributed by atoms with Gasteiger partial charge in [-0.05, 0) is 37.1 Å². The summed E-state index contributed by atoms with van der Waals surface area (Å²) in [5.41, 5.74) is 6.92. The molecule has 0 fully saturated rings. The maximum Gasteiger partial charge on any atom is 0.241 e. The Morgan fingerprint density at radius 2 is 2.19 bits per heavy atom. The molecule has 0 aliphatic rings. The molecule has 2 aromatic rings. The van der Waals surface area contributed by atoms with Crippen LogP contribution in [0.5, 0.6) is 0 Å². The van der Waals surface area contributed by atoms with Gasteiger partial charge in [-0.1, -0.05) is 21.1 Å². The summed E-state index contributed by atoms with van der Waals surface area (Å²) >= 11 is 3.35. The van der Waals surface area contributed by atoms with Crippen LogP contribution in [0.25, 0.3) is 0 Å². The molecule has 2 rings (SSSR count).